The molecule has 0 amide bonds. The van der Waals surface area contributed by atoms with Crippen molar-refractivity contribution in [2.75, 3.05) is 0 Å². The quantitative estimate of drug-likeness (QED) is 0.879. The number of carbonyl (C=O) groups excluding carboxylic acids is 1. The molecule has 20 heavy (non-hydrogen) atoms. The van der Waals surface area contributed by atoms with Gasteiger partial charge >= 0.3 is 0 Å². The highest BCUT2D eigenvalue weighted by atomic mass is 16.1. The molecular weight excluding hydrogens is 250 g/mol. The van der Waals surface area contributed by atoms with Crippen LogP contribution in [-0.4, -0.2) is 21.4 Å². The first-order valence-corrected chi connectivity index (χ1v) is 7.24. The number of nitrogens with two attached hydrogens (primary N) is 1. The number of imidazole rings is 1. The predicted octanol–water partition coefficient (Wildman–Crippen LogP) is 2.54. The van der Waals surface area contributed by atoms with Crippen molar-refractivity contribution in [3.63, 3.8) is 0 Å². The van der Waals surface area contributed by atoms with Crippen molar-refractivity contribution in [2.45, 2.75) is 46.2 Å². The highest BCUT2D eigenvalue weighted by Gasteiger charge is 2.17. The van der Waals surface area contributed by atoms with E-state index in [1.54, 1.807) is 0 Å². The van der Waals surface area contributed by atoms with Crippen LogP contribution in [0.25, 0.3) is 11.0 Å². The maximum atomic E-state index is 12.1. The molecular formula is C16H23N3O. The van der Waals surface area contributed by atoms with Crippen LogP contribution in [0.5, 0.6) is 0 Å². The molecule has 0 spiro atoms. The summed E-state index contributed by atoms with van der Waals surface area (Å²) in [6.07, 6.45) is 0.785. The van der Waals surface area contributed by atoms with Gasteiger partial charge in [-0.1, -0.05) is 26.0 Å². The Balaban J connectivity index is 2.19. The van der Waals surface area contributed by atoms with E-state index in [1.807, 2.05) is 38.1 Å². The van der Waals surface area contributed by atoms with Crippen molar-refractivity contribution in [3.05, 3.63) is 30.1 Å². The van der Waals surface area contributed by atoms with E-state index in [2.05, 4.69) is 16.5 Å². The zero-order valence-electron chi connectivity index (χ0n) is 12.5. The monoisotopic (exact) mass is 273 g/mol. The zero-order chi connectivity index (χ0) is 14.7. The van der Waals surface area contributed by atoms with Gasteiger partial charge < -0.3 is 10.3 Å². The highest BCUT2D eigenvalue weighted by Crippen LogP contribution is 2.17. The minimum Gasteiger partial charge on any atom is -0.328 e. The van der Waals surface area contributed by atoms with E-state index >= 15 is 0 Å². The Kier molecular flexibility index (Phi) is 4.55. The number of nitrogens with zero attached hydrogens (tertiary/aromatic N) is 2. The fourth-order valence-corrected chi connectivity index (χ4v) is 2.36. The van der Waals surface area contributed by atoms with E-state index in [4.69, 9.17) is 5.73 Å². The molecule has 0 aliphatic rings. The normalized spacial score (nSPS) is 13.1. The summed E-state index contributed by atoms with van der Waals surface area (Å²) in [7, 11) is 0. The van der Waals surface area contributed by atoms with Gasteiger partial charge in [0, 0.05) is 19.0 Å². The molecule has 0 aliphatic heterocycles. The first-order chi connectivity index (χ1) is 9.52. The third kappa shape index (κ3) is 3.07. The lowest BCUT2D eigenvalue weighted by molar-refractivity contribution is -0.119. The number of benzene rings is 1. The second-order valence-corrected chi connectivity index (χ2v) is 5.59. The molecule has 2 aromatic rings. The molecule has 1 unspecified atom stereocenters. The molecule has 1 aromatic heterocycles. The average molecular weight is 273 g/mol. The topological polar surface area (TPSA) is 60.9 Å². The van der Waals surface area contributed by atoms with E-state index < -0.39 is 0 Å². The molecule has 0 saturated heterocycles. The summed E-state index contributed by atoms with van der Waals surface area (Å²) < 4.78 is 2.11. The number of Topliss-reactive ketones (excluding diaryl/α,β-unsaturated/α-hetero) is 1. The van der Waals surface area contributed by atoms with Crippen molar-refractivity contribution in [1.82, 2.24) is 9.55 Å². The lowest BCUT2D eigenvalue weighted by Crippen LogP contribution is -2.30. The van der Waals surface area contributed by atoms with Crippen molar-refractivity contribution in [2.24, 2.45) is 11.7 Å². The molecule has 2 N–H and O–H groups in total. The Labute approximate surface area is 120 Å². The molecule has 4 heteroatoms. The summed E-state index contributed by atoms with van der Waals surface area (Å²) in [4.78, 5) is 16.7. The summed E-state index contributed by atoms with van der Waals surface area (Å²) in [6, 6.07) is 7.92. The van der Waals surface area contributed by atoms with Crippen LogP contribution in [-0.2, 0) is 17.8 Å². The number of hydrogen-bond donors (Lipinski definition) is 1. The lowest BCUT2D eigenvalue weighted by atomic mass is 9.98. The number of fused-ring (bicyclic) bond motifs is 1. The molecule has 4 nitrogen and oxygen atoms in total. The molecule has 2 rings (SSSR count). The van der Waals surface area contributed by atoms with Crippen LogP contribution < -0.4 is 5.73 Å². The van der Waals surface area contributed by atoms with Gasteiger partial charge in [-0.2, -0.15) is 0 Å². The highest BCUT2D eigenvalue weighted by molar-refractivity contribution is 5.83. The summed E-state index contributed by atoms with van der Waals surface area (Å²) in [5.74, 6) is 1.33. The number of ketones is 1. The van der Waals surface area contributed by atoms with Gasteiger partial charge in [-0.05, 0) is 25.0 Å². The maximum Gasteiger partial charge on any atom is 0.141 e. The van der Waals surface area contributed by atoms with Crippen LogP contribution in [0.4, 0.5) is 0 Å². The number of hydrogen-bond acceptors (Lipinski definition) is 3. The van der Waals surface area contributed by atoms with Crippen molar-refractivity contribution >= 4 is 16.8 Å². The van der Waals surface area contributed by atoms with Crippen molar-refractivity contribution < 1.29 is 4.79 Å². The number of rotatable bonds is 6. The standard InChI is InChI=1S/C16H23N3O/c1-4-19-15-8-6-5-7-14(15)18-16(19)10-12(20)9-13(17)11(2)3/h5-8,11,13H,4,9-10,17H2,1-3H3. The summed E-state index contributed by atoms with van der Waals surface area (Å²) >= 11 is 0. The second-order valence-electron chi connectivity index (χ2n) is 5.59. The number of carbonyl (C=O) groups is 1. The minimum absolute atomic E-state index is 0.0676. The smallest absolute Gasteiger partial charge is 0.141 e. The first kappa shape index (κ1) is 14.7. The molecule has 108 valence electrons. The van der Waals surface area contributed by atoms with Gasteiger partial charge in [-0.15, -0.1) is 0 Å². The molecule has 1 aromatic carbocycles. The van der Waals surface area contributed by atoms with Crippen LogP contribution >= 0.6 is 0 Å². The number of aromatic nitrogens is 2. The van der Waals surface area contributed by atoms with Crippen LogP contribution in [0.1, 0.15) is 33.0 Å². The van der Waals surface area contributed by atoms with Crippen LogP contribution in [0.2, 0.25) is 0 Å². The Morgan fingerprint density at radius 2 is 2.05 bits per heavy atom. The van der Waals surface area contributed by atoms with E-state index in [0.29, 0.717) is 18.8 Å². The molecule has 1 atom stereocenters. The molecule has 0 fully saturated rings. The summed E-state index contributed by atoms with van der Waals surface area (Å²) in [6.45, 7) is 6.97. The largest absolute Gasteiger partial charge is 0.328 e. The van der Waals surface area contributed by atoms with E-state index in [0.717, 1.165) is 23.4 Å². The maximum absolute atomic E-state index is 12.1. The number of para-hydroxylation sites is 2. The fraction of sp³-hybridized carbons (Fsp3) is 0.500. The van der Waals surface area contributed by atoms with Gasteiger partial charge in [0.25, 0.3) is 0 Å². The van der Waals surface area contributed by atoms with Gasteiger partial charge in [-0.25, -0.2) is 4.98 Å². The van der Waals surface area contributed by atoms with Gasteiger partial charge in [0.2, 0.25) is 0 Å². The molecule has 0 bridgehead atoms. The fourth-order valence-electron chi connectivity index (χ4n) is 2.36. The van der Waals surface area contributed by atoms with Crippen LogP contribution in [0.15, 0.2) is 24.3 Å². The summed E-state index contributed by atoms with van der Waals surface area (Å²) in [5.41, 5.74) is 8.01. The molecule has 0 radical (unpaired) electrons. The average Bonchev–Trinajstić information content (AvgIpc) is 2.75. The van der Waals surface area contributed by atoms with Crippen molar-refractivity contribution in [1.29, 1.82) is 0 Å². The van der Waals surface area contributed by atoms with Crippen LogP contribution in [0, 0.1) is 5.92 Å². The van der Waals surface area contributed by atoms with Gasteiger partial charge in [0.05, 0.1) is 17.5 Å². The van der Waals surface area contributed by atoms with Gasteiger partial charge in [-0.3, -0.25) is 4.79 Å². The minimum atomic E-state index is -0.0676. The Hall–Kier alpha value is -1.68. The van der Waals surface area contributed by atoms with Crippen LogP contribution in [0.3, 0.4) is 0 Å². The number of aryl methyl sites for hydroxylation is 1. The van der Waals surface area contributed by atoms with E-state index in [-0.39, 0.29) is 11.8 Å². The lowest BCUT2D eigenvalue weighted by Gasteiger charge is -2.14. The van der Waals surface area contributed by atoms with Gasteiger partial charge in [0.15, 0.2) is 0 Å². The zero-order valence-corrected chi connectivity index (χ0v) is 12.5. The Morgan fingerprint density at radius 3 is 2.70 bits per heavy atom. The second kappa shape index (κ2) is 6.18. The Bertz CT molecular complexity index is 601. The predicted molar refractivity (Wildman–Crippen MR) is 81.5 cm³/mol. The van der Waals surface area contributed by atoms with Gasteiger partial charge in [0.1, 0.15) is 11.6 Å². The summed E-state index contributed by atoms with van der Waals surface area (Å²) in [5, 5.41) is 0. The first-order valence-electron chi connectivity index (χ1n) is 7.24. The van der Waals surface area contributed by atoms with Crippen molar-refractivity contribution in [3.8, 4) is 0 Å². The van der Waals surface area contributed by atoms with E-state index in [1.165, 1.54) is 0 Å². The third-order valence-electron chi connectivity index (χ3n) is 3.72. The third-order valence-corrected chi connectivity index (χ3v) is 3.72. The van der Waals surface area contributed by atoms with E-state index in [9.17, 15) is 4.79 Å². The molecule has 0 saturated carbocycles. The molecule has 1 heterocycles. The molecule has 0 aliphatic carbocycles. The Morgan fingerprint density at radius 1 is 1.35 bits per heavy atom. The SMILES string of the molecule is CCn1c(CC(=O)CC(N)C(C)C)nc2ccccc21.